The first-order valence-electron chi connectivity index (χ1n) is 12.5. The molecule has 5 rings (SSSR count). The van der Waals surface area contributed by atoms with Gasteiger partial charge in [-0.05, 0) is 45.7 Å². The Hall–Kier alpha value is -3.54. The number of nitrogens with one attached hydrogen (secondary N) is 1. The molecule has 12 heteroatoms. The van der Waals surface area contributed by atoms with Crippen molar-refractivity contribution in [2.24, 2.45) is 0 Å². The predicted molar refractivity (Wildman–Crippen MR) is 134 cm³/mol. The van der Waals surface area contributed by atoms with Gasteiger partial charge in [-0.2, -0.15) is 4.39 Å². The topological polar surface area (TPSA) is 97.1 Å². The van der Waals surface area contributed by atoms with Crippen molar-refractivity contribution in [3.8, 4) is 11.5 Å². The minimum atomic E-state index is -0.605. The lowest BCUT2D eigenvalue weighted by Gasteiger charge is -2.35. The second-order valence-corrected chi connectivity index (χ2v) is 10.3. The molecule has 0 bridgehead atoms. The van der Waals surface area contributed by atoms with Crippen LogP contribution in [0.3, 0.4) is 0 Å². The Morgan fingerprint density at radius 1 is 1.16 bits per heavy atom. The lowest BCUT2D eigenvalue weighted by Crippen LogP contribution is -2.47. The van der Waals surface area contributed by atoms with E-state index in [1.165, 1.54) is 12.3 Å². The molecule has 1 atom stereocenters. The molecule has 0 aromatic carbocycles. The first kappa shape index (κ1) is 25.1. The smallest absolute Gasteiger partial charge is 0.410 e. The van der Waals surface area contributed by atoms with E-state index in [1.807, 2.05) is 25.7 Å². The van der Waals surface area contributed by atoms with E-state index in [4.69, 9.17) is 9.47 Å². The number of piperidine rings is 1. The Kier molecular flexibility index (Phi) is 6.84. The number of hydrogen-bond donors (Lipinski definition) is 1. The lowest BCUT2D eigenvalue weighted by atomic mass is 10.1. The van der Waals surface area contributed by atoms with Crippen LogP contribution < -0.4 is 10.2 Å². The number of hydrogen-bond acceptors (Lipinski definition) is 8. The molecule has 0 radical (unpaired) electrons. The quantitative estimate of drug-likeness (QED) is 0.562. The molecule has 2 aliphatic rings. The highest BCUT2D eigenvalue weighted by Gasteiger charge is 2.30. The van der Waals surface area contributed by atoms with Crippen LogP contribution in [0, 0.1) is 11.6 Å². The van der Waals surface area contributed by atoms with Crippen LogP contribution in [0.15, 0.2) is 24.5 Å². The summed E-state index contributed by atoms with van der Waals surface area (Å²) in [5.41, 5.74) is 0.351. The normalized spacial score (nSPS) is 18.8. The van der Waals surface area contributed by atoms with Crippen molar-refractivity contribution >= 4 is 23.4 Å². The molecule has 10 nitrogen and oxygen atoms in total. The number of aromatic nitrogens is 4. The summed E-state index contributed by atoms with van der Waals surface area (Å²) >= 11 is 0. The highest BCUT2D eigenvalue weighted by atomic mass is 19.1. The summed E-state index contributed by atoms with van der Waals surface area (Å²) in [6.07, 6.45) is 3.90. The number of pyridine rings is 1. The van der Waals surface area contributed by atoms with Crippen LogP contribution in [0.25, 0.3) is 17.2 Å². The van der Waals surface area contributed by atoms with Gasteiger partial charge in [-0.15, -0.1) is 0 Å². The molecule has 0 saturated carbocycles. The van der Waals surface area contributed by atoms with Crippen molar-refractivity contribution in [3.63, 3.8) is 0 Å². The van der Waals surface area contributed by atoms with Gasteiger partial charge in [0, 0.05) is 38.4 Å². The van der Waals surface area contributed by atoms with Gasteiger partial charge in [-0.25, -0.2) is 24.1 Å². The van der Waals surface area contributed by atoms with Crippen molar-refractivity contribution in [2.75, 3.05) is 49.6 Å². The van der Waals surface area contributed by atoms with Crippen LogP contribution >= 0.6 is 0 Å². The van der Waals surface area contributed by atoms with Crippen LogP contribution in [0.5, 0.6) is 0 Å². The number of likely N-dealkylation sites (tertiary alicyclic amines) is 1. The average Bonchev–Trinajstić information content (AvgIpc) is 3.28. The highest BCUT2D eigenvalue weighted by molar-refractivity contribution is 5.68. The first-order valence-corrected chi connectivity index (χ1v) is 12.5. The zero-order chi connectivity index (χ0) is 26.2. The van der Waals surface area contributed by atoms with E-state index in [-0.39, 0.29) is 23.5 Å². The Bertz CT molecular complexity index is 1290. The molecule has 3 aromatic heterocycles. The average molecular weight is 516 g/mol. The van der Waals surface area contributed by atoms with Crippen molar-refractivity contribution in [2.45, 2.75) is 45.3 Å². The fraction of sp³-hybridized carbons (Fsp3) is 0.520. The van der Waals surface area contributed by atoms with E-state index in [9.17, 15) is 9.18 Å². The first-order chi connectivity index (χ1) is 17.7. The zero-order valence-electron chi connectivity index (χ0n) is 21.2. The summed E-state index contributed by atoms with van der Waals surface area (Å²) in [4.78, 5) is 29.4. The van der Waals surface area contributed by atoms with Gasteiger partial charge in [0.2, 0.25) is 5.82 Å². The Morgan fingerprint density at radius 3 is 2.70 bits per heavy atom. The maximum atomic E-state index is 15.8. The van der Waals surface area contributed by atoms with Crippen molar-refractivity contribution in [3.05, 3.63) is 36.2 Å². The van der Waals surface area contributed by atoms with Crippen LogP contribution in [0.2, 0.25) is 0 Å². The summed E-state index contributed by atoms with van der Waals surface area (Å²) in [5.74, 6) is -0.649. The summed E-state index contributed by atoms with van der Waals surface area (Å²) < 4.78 is 42.3. The largest absolute Gasteiger partial charge is 0.444 e. The standard InChI is InChI=1S/C25H31F2N7O3/c1-25(2,3)37-24(35)33-8-4-5-17(15-33)29-22-20(27)23(32-9-11-36-12-10-32)31-21(30-22)18-13-28-19-7-6-16(26)14-34(18)19/h6-7,13-14,17H,4-5,8-12,15H2,1-3H3,(H,29,30,31). The molecule has 1 N–H and O–H groups in total. The zero-order valence-corrected chi connectivity index (χ0v) is 21.2. The number of carbonyl (C=O) groups is 1. The van der Waals surface area contributed by atoms with Crippen molar-refractivity contribution < 1.29 is 23.0 Å². The number of anilines is 2. The van der Waals surface area contributed by atoms with Gasteiger partial charge in [0.05, 0.1) is 19.4 Å². The summed E-state index contributed by atoms with van der Waals surface area (Å²) in [6.45, 7) is 8.24. The molecule has 5 heterocycles. The third kappa shape index (κ3) is 5.58. The minimum absolute atomic E-state index is 0.0221. The molecule has 198 valence electrons. The second-order valence-electron chi connectivity index (χ2n) is 10.3. The molecule has 1 amide bonds. The molecular formula is C25H31F2N7O3. The van der Waals surface area contributed by atoms with E-state index in [2.05, 4.69) is 20.3 Å². The molecule has 2 saturated heterocycles. The van der Waals surface area contributed by atoms with Gasteiger partial charge in [-0.1, -0.05) is 0 Å². The van der Waals surface area contributed by atoms with Gasteiger partial charge < -0.3 is 24.6 Å². The Balaban J connectivity index is 1.48. The fourth-order valence-electron chi connectivity index (χ4n) is 4.53. The second kappa shape index (κ2) is 10.1. The molecule has 3 aromatic rings. The SMILES string of the molecule is CC(C)(C)OC(=O)N1CCCC(Nc2nc(-c3cnc4ccc(F)cn34)nc(N3CCOCC3)c2F)C1. The number of nitrogens with zero attached hydrogens (tertiary/aromatic N) is 6. The summed E-state index contributed by atoms with van der Waals surface area (Å²) in [7, 11) is 0. The molecule has 0 spiro atoms. The van der Waals surface area contributed by atoms with Crippen LogP contribution in [0.4, 0.5) is 25.2 Å². The molecule has 2 aliphatic heterocycles. The van der Waals surface area contributed by atoms with E-state index >= 15 is 4.39 Å². The van der Waals surface area contributed by atoms with Crippen molar-refractivity contribution in [1.82, 2.24) is 24.3 Å². The number of halogens is 2. The maximum Gasteiger partial charge on any atom is 0.410 e. The Labute approximate surface area is 213 Å². The highest BCUT2D eigenvalue weighted by Crippen LogP contribution is 2.29. The Morgan fingerprint density at radius 2 is 1.95 bits per heavy atom. The van der Waals surface area contributed by atoms with E-state index in [0.29, 0.717) is 50.7 Å². The molecule has 2 fully saturated rings. The van der Waals surface area contributed by atoms with Crippen LogP contribution in [0.1, 0.15) is 33.6 Å². The predicted octanol–water partition coefficient (Wildman–Crippen LogP) is 3.72. The minimum Gasteiger partial charge on any atom is -0.444 e. The molecule has 0 aliphatic carbocycles. The van der Waals surface area contributed by atoms with Crippen molar-refractivity contribution in [1.29, 1.82) is 0 Å². The van der Waals surface area contributed by atoms with Gasteiger partial charge >= 0.3 is 6.09 Å². The van der Waals surface area contributed by atoms with Gasteiger partial charge in [0.25, 0.3) is 0 Å². The van der Waals surface area contributed by atoms with Crippen LogP contribution in [-0.2, 0) is 9.47 Å². The number of imidazole rings is 1. The van der Waals surface area contributed by atoms with E-state index < -0.39 is 23.3 Å². The summed E-state index contributed by atoms with van der Waals surface area (Å²) in [5, 5.41) is 3.20. The molecule has 37 heavy (non-hydrogen) atoms. The van der Waals surface area contributed by atoms with Gasteiger partial charge in [0.1, 0.15) is 22.8 Å². The van der Waals surface area contributed by atoms with Gasteiger partial charge in [0.15, 0.2) is 17.5 Å². The van der Waals surface area contributed by atoms with Crippen LogP contribution in [-0.4, -0.2) is 81.4 Å². The van der Waals surface area contributed by atoms with E-state index in [1.54, 1.807) is 21.6 Å². The third-order valence-electron chi connectivity index (χ3n) is 6.26. The fourth-order valence-corrected chi connectivity index (χ4v) is 4.53. The molecule has 1 unspecified atom stereocenters. The number of rotatable bonds is 4. The van der Waals surface area contributed by atoms with Gasteiger partial charge in [-0.3, -0.25) is 4.40 Å². The molecular weight excluding hydrogens is 484 g/mol. The third-order valence-corrected chi connectivity index (χ3v) is 6.26. The number of morpholine rings is 1. The maximum absolute atomic E-state index is 15.8. The number of fused-ring (bicyclic) bond motifs is 1. The number of ether oxygens (including phenoxy) is 2. The number of amides is 1. The summed E-state index contributed by atoms with van der Waals surface area (Å²) in [6, 6.07) is 2.64. The number of carbonyl (C=O) groups excluding carboxylic acids is 1. The lowest BCUT2D eigenvalue weighted by molar-refractivity contribution is 0.0206. The van der Waals surface area contributed by atoms with E-state index in [0.717, 1.165) is 12.8 Å². The monoisotopic (exact) mass is 515 g/mol.